The molecule has 2 heteroatoms. The van der Waals surface area contributed by atoms with E-state index in [0.29, 0.717) is 6.42 Å². The largest absolute Gasteiger partial charge is 0.354 e. The van der Waals surface area contributed by atoms with Crippen LogP contribution in [0, 0.1) is 6.92 Å². The van der Waals surface area contributed by atoms with Crippen molar-refractivity contribution in [2.75, 3.05) is 0 Å². The van der Waals surface area contributed by atoms with Gasteiger partial charge in [-0.25, -0.2) is 0 Å². The van der Waals surface area contributed by atoms with Crippen molar-refractivity contribution in [3.63, 3.8) is 0 Å². The number of nitrogens with one attached hydrogen (secondary N) is 1. The molecule has 2 aromatic carbocycles. The Bertz CT molecular complexity index is 574. The number of rotatable bonds is 7. The van der Waals surface area contributed by atoms with Crippen molar-refractivity contribution in [2.24, 2.45) is 0 Å². The van der Waals surface area contributed by atoms with Gasteiger partial charge in [-0.3, -0.25) is 4.79 Å². The molecule has 0 aliphatic rings. The third-order valence-corrected chi connectivity index (χ3v) is 3.88. The van der Waals surface area contributed by atoms with Crippen LogP contribution in [0.25, 0.3) is 0 Å². The monoisotopic (exact) mass is 295 g/mol. The normalized spacial score (nSPS) is 11.9. The van der Waals surface area contributed by atoms with Crippen LogP contribution in [0.15, 0.2) is 54.6 Å². The minimum atomic E-state index is 0.140. The lowest BCUT2D eigenvalue weighted by atomic mass is 10.1. The molecule has 0 saturated carbocycles. The maximum absolute atomic E-state index is 12.0. The highest BCUT2D eigenvalue weighted by atomic mass is 16.1. The van der Waals surface area contributed by atoms with E-state index in [-0.39, 0.29) is 11.9 Å². The molecule has 0 aromatic heterocycles. The SMILES string of the molecule is Cc1ccc(CCC(=O)NC(C)CCc2ccccc2)cc1. The van der Waals surface area contributed by atoms with Crippen molar-refractivity contribution in [3.8, 4) is 0 Å². The maximum Gasteiger partial charge on any atom is 0.220 e. The molecule has 1 amide bonds. The smallest absolute Gasteiger partial charge is 0.220 e. The van der Waals surface area contributed by atoms with Gasteiger partial charge in [0.05, 0.1) is 0 Å². The minimum Gasteiger partial charge on any atom is -0.354 e. The zero-order valence-corrected chi connectivity index (χ0v) is 13.5. The van der Waals surface area contributed by atoms with Gasteiger partial charge < -0.3 is 5.32 Å². The fraction of sp³-hybridized carbons (Fsp3) is 0.350. The van der Waals surface area contributed by atoms with Gasteiger partial charge in [-0.2, -0.15) is 0 Å². The predicted molar refractivity (Wildman–Crippen MR) is 91.9 cm³/mol. The lowest BCUT2D eigenvalue weighted by molar-refractivity contribution is -0.121. The van der Waals surface area contributed by atoms with Crippen LogP contribution in [-0.4, -0.2) is 11.9 Å². The summed E-state index contributed by atoms with van der Waals surface area (Å²) in [5.41, 5.74) is 3.80. The first-order valence-corrected chi connectivity index (χ1v) is 8.02. The quantitative estimate of drug-likeness (QED) is 0.820. The van der Waals surface area contributed by atoms with Crippen LogP contribution in [0.4, 0.5) is 0 Å². The van der Waals surface area contributed by atoms with E-state index in [9.17, 15) is 4.79 Å². The summed E-state index contributed by atoms with van der Waals surface area (Å²) >= 11 is 0. The van der Waals surface area contributed by atoms with Gasteiger partial charge in [-0.05, 0) is 44.2 Å². The summed E-state index contributed by atoms with van der Waals surface area (Å²) in [5.74, 6) is 0.140. The number of carbonyl (C=O) groups is 1. The third kappa shape index (κ3) is 5.72. The van der Waals surface area contributed by atoms with E-state index in [2.05, 4.69) is 67.7 Å². The molecule has 2 rings (SSSR count). The zero-order valence-electron chi connectivity index (χ0n) is 13.5. The van der Waals surface area contributed by atoms with E-state index in [4.69, 9.17) is 0 Å². The highest BCUT2D eigenvalue weighted by Crippen LogP contribution is 2.07. The second-order valence-electron chi connectivity index (χ2n) is 5.98. The number of benzene rings is 2. The maximum atomic E-state index is 12.0. The van der Waals surface area contributed by atoms with Crippen LogP contribution in [0.3, 0.4) is 0 Å². The van der Waals surface area contributed by atoms with Crippen LogP contribution in [-0.2, 0) is 17.6 Å². The number of carbonyl (C=O) groups excluding carboxylic acids is 1. The van der Waals surface area contributed by atoms with Crippen molar-refractivity contribution >= 4 is 5.91 Å². The third-order valence-electron chi connectivity index (χ3n) is 3.88. The molecule has 1 atom stereocenters. The van der Waals surface area contributed by atoms with Gasteiger partial charge in [-0.1, -0.05) is 60.2 Å². The molecule has 0 saturated heterocycles. The van der Waals surface area contributed by atoms with Crippen molar-refractivity contribution in [2.45, 2.75) is 45.6 Å². The van der Waals surface area contributed by atoms with Crippen molar-refractivity contribution < 1.29 is 4.79 Å². The first kappa shape index (κ1) is 16.3. The fourth-order valence-electron chi connectivity index (χ4n) is 2.46. The summed E-state index contributed by atoms with van der Waals surface area (Å²) in [4.78, 5) is 12.0. The summed E-state index contributed by atoms with van der Waals surface area (Å²) in [6.07, 6.45) is 3.33. The standard InChI is InChI=1S/C20H25NO/c1-16-8-11-19(12-9-16)14-15-20(22)21-17(2)10-13-18-6-4-3-5-7-18/h3-9,11-12,17H,10,13-15H2,1-2H3,(H,21,22). The van der Waals surface area contributed by atoms with Crippen LogP contribution >= 0.6 is 0 Å². The average Bonchev–Trinajstić information content (AvgIpc) is 2.53. The Kier molecular flexibility index (Phi) is 6.20. The van der Waals surface area contributed by atoms with Gasteiger partial charge in [0.2, 0.25) is 5.91 Å². The highest BCUT2D eigenvalue weighted by molar-refractivity contribution is 5.76. The summed E-state index contributed by atoms with van der Waals surface area (Å²) in [6, 6.07) is 19.0. The first-order chi connectivity index (χ1) is 10.6. The minimum absolute atomic E-state index is 0.140. The molecule has 0 aliphatic carbocycles. The van der Waals surface area contributed by atoms with E-state index in [1.165, 1.54) is 16.7 Å². The molecule has 116 valence electrons. The molecule has 0 fully saturated rings. The summed E-state index contributed by atoms with van der Waals surface area (Å²) in [7, 11) is 0. The van der Waals surface area contributed by atoms with Crippen LogP contribution < -0.4 is 5.32 Å². The van der Waals surface area contributed by atoms with Gasteiger partial charge >= 0.3 is 0 Å². The van der Waals surface area contributed by atoms with Gasteiger partial charge in [-0.15, -0.1) is 0 Å². The lowest BCUT2D eigenvalue weighted by Gasteiger charge is -2.14. The second kappa shape index (κ2) is 8.38. The molecule has 0 spiro atoms. The molecule has 1 unspecified atom stereocenters. The topological polar surface area (TPSA) is 29.1 Å². The molecule has 2 nitrogen and oxygen atoms in total. The Hall–Kier alpha value is -2.09. The van der Waals surface area contributed by atoms with E-state index >= 15 is 0 Å². The van der Waals surface area contributed by atoms with Crippen molar-refractivity contribution in [1.29, 1.82) is 0 Å². The molecule has 0 aliphatic heterocycles. The Morgan fingerprint density at radius 2 is 1.59 bits per heavy atom. The van der Waals surface area contributed by atoms with Crippen LogP contribution in [0.2, 0.25) is 0 Å². The van der Waals surface area contributed by atoms with Crippen molar-refractivity contribution in [3.05, 3.63) is 71.3 Å². The fourth-order valence-corrected chi connectivity index (χ4v) is 2.46. The van der Waals surface area contributed by atoms with Gasteiger partial charge in [0, 0.05) is 12.5 Å². The Labute approximate surface area is 133 Å². The Morgan fingerprint density at radius 1 is 0.955 bits per heavy atom. The number of hydrogen-bond donors (Lipinski definition) is 1. The van der Waals surface area contributed by atoms with E-state index in [1.54, 1.807) is 0 Å². The molecular formula is C20H25NO. The summed E-state index contributed by atoms with van der Waals surface area (Å²) < 4.78 is 0. The average molecular weight is 295 g/mol. The summed E-state index contributed by atoms with van der Waals surface area (Å²) in [5, 5.41) is 3.09. The Balaban J connectivity index is 1.68. The number of hydrogen-bond acceptors (Lipinski definition) is 1. The second-order valence-corrected chi connectivity index (χ2v) is 5.98. The molecular weight excluding hydrogens is 270 g/mol. The first-order valence-electron chi connectivity index (χ1n) is 8.02. The van der Waals surface area contributed by atoms with Crippen LogP contribution in [0.1, 0.15) is 36.5 Å². The summed E-state index contributed by atoms with van der Waals surface area (Å²) in [6.45, 7) is 4.15. The highest BCUT2D eigenvalue weighted by Gasteiger charge is 2.07. The van der Waals surface area contributed by atoms with Crippen LogP contribution in [0.5, 0.6) is 0 Å². The lowest BCUT2D eigenvalue weighted by Crippen LogP contribution is -2.33. The molecule has 22 heavy (non-hydrogen) atoms. The number of aryl methyl sites for hydroxylation is 3. The van der Waals surface area contributed by atoms with Gasteiger partial charge in [0.25, 0.3) is 0 Å². The van der Waals surface area contributed by atoms with Crippen molar-refractivity contribution in [1.82, 2.24) is 5.32 Å². The zero-order chi connectivity index (χ0) is 15.8. The molecule has 2 aromatic rings. The van der Waals surface area contributed by atoms with E-state index < -0.39 is 0 Å². The molecule has 0 bridgehead atoms. The van der Waals surface area contributed by atoms with E-state index in [1.807, 2.05) is 6.07 Å². The Morgan fingerprint density at radius 3 is 2.27 bits per heavy atom. The molecule has 0 heterocycles. The van der Waals surface area contributed by atoms with E-state index in [0.717, 1.165) is 19.3 Å². The molecule has 0 radical (unpaired) electrons. The molecule has 1 N–H and O–H groups in total. The van der Waals surface area contributed by atoms with Gasteiger partial charge in [0.15, 0.2) is 0 Å². The predicted octanol–water partition coefficient (Wildman–Crippen LogP) is 4.07. The number of amides is 1. The van der Waals surface area contributed by atoms with Gasteiger partial charge in [0.1, 0.15) is 0 Å².